The highest BCUT2D eigenvalue weighted by atomic mass is 15.1. The van der Waals surface area contributed by atoms with Crippen molar-refractivity contribution in [2.75, 3.05) is 11.5 Å². The van der Waals surface area contributed by atoms with E-state index in [2.05, 4.69) is 11.9 Å². The summed E-state index contributed by atoms with van der Waals surface area (Å²) in [5.74, 6) is 1.01. The number of imidazole rings is 1. The van der Waals surface area contributed by atoms with Gasteiger partial charge in [0.25, 0.3) is 0 Å². The largest absolute Gasteiger partial charge is 0.397 e. The fourth-order valence-electron chi connectivity index (χ4n) is 1.54. The van der Waals surface area contributed by atoms with Gasteiger partial charge in [-0.2, -0.15) is 0 Å². The Balaban J connectivity index is 2.50. The molecule has 4 N–H and O–H groups in total. The van der Waals surface area contributed by atoms with Gasteiger partial charge in [0, 0.05) is 24.5 Å². The quantitative estimate of drug-likeness (QED) is 0.727. The Kier molecular flexibility index (Phi) is 2.33. The number of nitrogen functional groups attached to an aromatic ring is 2. The number of nitrogens with two attached hydrogens (primary N) is 2. The Morgan fingerprint density at radius 3 is 2.73 bits per heavy atom. The fourth-order valence-corrected chi connectivity index (χ4v) is 1.54. The molecule has 0 atom stereocenters. The lowest BCUT2D eigenvalue weighted by atomic mass is 10.2. The number of anilines is 2. The third kappa shape index (κ3) is 1.66. The number of hydrogen-bond acceptors (Lipinski definition) is 3. The lowest BCUT2D eigenvalue weighted by Crippen LogP contribution is -2.01. The molecule has 0 saturated heterocycles. The van der Waals surface area contributed by atoms with Crippen molar-refractivity contribution in [3.05, 3.63) is 36.4 Å². The van der Waals surface area contributed by atoms with Crippen LogP contribution in [0.4, 0.5) is 11.4 Å². The second-order valence-electron chi connectivity index (χ2n) is 3.38. The molecule has 0 fully saturated rings. The van der Waals surface area contributed by atoms with Crippen molar-refractivity contribution in [2.45, 2.75) is 13.3 Å². The van der Waals surface area contributed by atoms with E-state index in [4.69, 9.17) is 11.5 Å². The monoisotopic (exact) mass is 202 g/mol. The zero-order valence-electron chi connectivity index (χ0n) is 8.64. The molecule has 0 saturated carbocycles. The molecule has 0 radical (unpaired) electrons. The highest BCUT2D eigenvalue weighted by Crippen LogP contribution is 2.20. The predicted molar refractivity (Wildman–Crippen MR) is 61.8 cm³/mol. The highest BCUT2D eigenvalue weighted by molar-refractivity contribution is 5.66. The average Bonchev–Trinajstić information content (AvgIpc) is 2.70. The summed E-state index contributed by atoms with van der Waals surface area (Å²) in [6, 6.07) is 5.60. The van der Waals surface area contributed by atoms with E-state index in [0.29, 0.717) is 11.4 Å². The summed E-state index contributed by atoms with van der Waals surface area (Å²) < 4.78 is 2.01. The number of aryl methyl sites for hydroxylation is 1. The van der Waals surface area contributed by atoms with Crippen molar-refractivity contribution in [2.24, 2.45) is 0 Å². The minimum Gasteiger partial charge on any atom is -0.397 e. The topological polar surface area (TPSA) is 69.9 Å². The molecule has 4 nitrogen and oxygen atoms in total. The predicted octanol–water partition coefficient (Wildman–Crippen LogP) is 1.60. The van der Waals surface area contributed by atoms with E-state index in [1.807, 2.05) is 29.0 Å². The summed E-state index contributed by atoms with van der Waals surface area (Å²) in [6.45, 7) is 2.07. The third-order valence-electron chi connectivity index (χ3n) is 2.38. The first-order valence-electron chi connectivity index (χ1n) is 4.90. The van der Waals surface area contributed by atoms with Gasteiger partial charge in [-0.15, -0.1) is 0 Å². The van der Waals surface area contributed by atoms with Crippen LogP contribution in [0.2, 0.25) is 0 Å². The molecule has 0 aliphatic heterocycles. The molecule has 1 aromatic carbocycles. The Morgan fingerprint density at radius 2 is 2.07 bits per heavy atom. The van der Waals surface area contributed by atoms with Crippen LogP contribution >= 0.6 is 0 Å². The molecular formula is C11H14N4. The Hall–Kier alpha value is -1.97. The first kappa shape index (κ1) is 9.58. The molecule has 4 heteroatoms. The molecule has 1 aromatic heterocycles. The zero-order valence-corrected chi connectivity index (χ0v) is 8.64. The second-order valence-corrected chi connectivity index (χ2v) is 3.38. The standard InChI is InChI=1S/C11H14N4/c1-2-11-14-5-6-15(11)8-3-4-9(12)10(13)7-8/h3-7H,2,12-13H2,1H3. The van der Waals surface area contributed by atoms with Gasteiger partial charge in [0.2, 0.25) is 0 Å². The summed E-state index contributed by atoms with van der Waals surface area (Å²) in [5.41, 5.74) is 13.6. The van der Waals surface area contributed by atoms with Crippen LogP contribution in [0.25, 0.3) is 5.69 Å². The van der Waals surface area contributed by atoms with Gasteiger partial charge < -0.3 is 16.0 Å². The summed E-state index contributed by atoms with van der Waals surface area (Å²) in [7, 11) is 0. The van der Waals surface area contributed by atoms with Crippen molar-refractivity contribution in [3.8, 4) is 5.69 Å². The molecule has 0 bridgehead atoms. The SMILES string of the molecule is CCc1nccn1-c1ccc(N)c(N)c1. The minimum absolute atomic E-state index is 0.600. The van der Waals surface area contributed by atoms with E-state index in [0.717, 1.165) is 17.9 Å². The highest BCUT2D eigenvalue weighted by Gasteiger charge is 2.03. The maximum absolute atomic E-state index is 5.76. The van der Waals surface area contributed by atoms with Gasteiger partial charge >= 0.3 is 0 Å². The van der Waals surface area contributed by atoms with Crippen molar-refractivity contribution in [1.82, 2.24) is 9.55 Å². The van der Waals surface area contributed by atoms with Gasteiger partial charge in [0.15, 0.2) is 0 Å². The molecule has 78 valence electrons. The first-order chi connectivity index (χ1) is 7.22. The van der Waals surface area contributed by atoms with E-state index >= 15 is 0 Å². The van der Waals surface area contributed by atoms with Crippen LogP contribution in [0.5, 0.6) is 0 Å². The lowest BCUT2D eigenvalue weighted by molar-refractivity contribution is 0.892. The summed E-state index contributed by atoms with van der Waals surface area (Å²) in [5, 5.41) is 0. The molecule has 2 rings (SSSR count). The fraction of sp³-hybridized carbons (Fsp3) is 0.182. The van der Waals surface area contributed by atoms with Crippen LogP contribution in [-0.2, 0) is 6.42 Å². The van der Waals surface area contributed by atoms with Crippen LogP contribution < -0.4 is 11.5 Å². The molecule has 1 heterocycles. The summed E-state index contributed by atoms with van der Waals surface area (Å²) in [4.78, 5) is 4.25. The maximum Gasteiger partial charge on any atom is 0.112 e. The molecular weight excluding hydrogens is 188 g/mol. The van der Waals surface area contributed by atoms with Crippen molar-refractivity contribution in [1.29, 1.82) is 0 Å². The van der Waals surface area contributed by atoms with Gasteiger partial charge in [0.05, 0.1) is 11.4 Å². The Labute approximate surface area is 88.5 Å². The molecule has 0 amide bonds. The number of rotatable bonds is 2. The van der Waals surface area contributed by atoms with Crippen molar-refractivity contribution < 1.29 is 0 Å². The van der Waals surface area contributed by atoms with Crippen molar-refractivity contribution >= 4 is 11.4 Å². The lowest BCUT2D eigenvalue weighted by Gasteiger charge is -2.08. The van der Waals surface area contributed by atoms with Crippen LogP contribution in [0.1, 0.15) is 12.7 Å². The van der Waals surface area contributed by atoms with E-state index in [1.165, 1.54) is 0 Å². The number of benzene rings is 1. The van der Waals surface area contributed by atoms with Crippen LogP contribution in [-0.4, -0.2) is 9.55 Å². The van der Waals surface area contributed by atoms with Crippen LogP contribution in [0.3, 0.4) is 0 Å². The number of hydrogen-bond donors (Lipinski definition) is 2. The number of nitrogens with zero attached hydrogens (tertiary/aromatic N) is 2. The molecule has 0 unspecified atom stereocenters. The Bertz CT molecular complexity index is 473. The van der Waals surface area contributed by atoms with Gasteiger partial charge in [-0.1, -0.05) is 6.92 Å². The normalized spacial score (nSPS) is 10.5. The molecule has 15 heavy (non-hydrogen) atoms. The van der Waals surface area contributed by atoms with Gasteiger partial charge in [-0.25, -0.2) is 4.98 Å². The third-order valence-corrected chi connectivity index (χ3v) is 2.38. The van der Waals surface area contributed by atoms with E-state index in [9.17, 15) is 0 Å². The van der Waals surface area contributed by atoms with Crippen LogP contribution in [0, 0.1) is 0 Å². The van der Waals surface area contributed by atoms with E-state index < -0.39 is 0 Å². The second kappa shape index (κ2) is 3.65. The maximum atomic E-state index is 5.76. The summed E-state index contributed by atoms with van der Waals surface area (Å²) in [6.07, 6.45) is 4.59. The number of aromatic nitrogens is 2. The first-order valence-corrected chi connectivity index (χ1v) is 4.90. The van der Waals surface area contributed by atoms with Gasteiger partial charge in [0.1, 0.15) is 5.82 Å². The van der Waals surface area contributed by atoms with Gasteiger partial charge in [-0.3, -0.25) is 0 Å². The van der Waals surface area contributed by atoms with E-state index in [1.54, 1.807) is 6.20 Å². The summed E-state index contributed by atoms with van der Waals surface area (Å²) >= 11 is 0. The average molecular weight is 202 g/mol. The molecule has 0 aliphatic rings. The van der Waals surface area contributed by atoms with Crippen LogP contribution in [0.15, 0.2) is 30.6 Å². The van der Waals surface area contributed by atoms with Crippen molar-refractivity contribution in [3.63, 3.8) is 0 Å². The molecule has 2 aromatic rings. The Morgan fingerprint density at radius 1 is 1.27 bits per heavy atom. The zero-order chi connectivity index (χ0) is 10.8. The van der Waals surface area contributed by atoms with E-state index in [-0.39, 0.29) is 0 Å². The van der Waals surface area contributed by atoms with Gasteiger partial charge in [-0.05, 0) is 18.2 Å². The smallest absolute Gasteiger partial charge is 0.112 e. The molecule has 0 aliphatic carbocycles. The molecule has 0 spiro atoms. The minimum atomic E-state index is 0.600.